The topological polar surface area (TPSA) is 120 Å². The molecule has 0 fully saturated rings. The van der Waals surface area contributed by atoms with Crippen molar-refractivity contribution in [2.75, 3.05) is 23.2 Å². The first kappa shape index (κ1) is 30.6. The summed E-state index contributed by atoms with van der Waals surface area (Å²) in [4.78, 5) is 13.3. The van der Waals surface area contributed by atoms with Gasteiger partial charge < -0.3 is 14.2 Å². The SMILES string of the molecule is CCCOc1cc(Oc2ccc(NS(=O)(=O)c3ccc(C)cc3)c(C(=O)OC)c2)ccc1NS(=O)c1ccc(C)cc1. The van der Waals surface area contributed by atoms with E-state index < -0.39 is 27.0 Å². The number of carbonyl (C=O) groups is 1. The second-order valence-corrected chi connectivity index (χ2v) is 12.3. The average molecular weight is 609 g/mol. The lowest BCUT2D eigenvalue weighted by Crippen LogP contribution is -2.16. The third kappa shape index (κ3) is 7.68. The van der Waals surface area contributed by atoms with Crippen molar-refractivity contribution in [3.05, 3.63) is 102 Å². The van der Waals surface area contributed by atoms with Crippen LogP contribution in [0.4, 0.5) is 11.4 Å². The summed E-state index contributed by atoms with van der Waals surface area (Å²) in [5.74, 6) is 0.341. The highest BCUT2D eigenvalue weighted by Gasteiger charge is 2.21. The molecule has 220 valence electrons. The highest BCUT2D eigenvalue weighted by molar-refractivity contribution is 7.92. The van der Waals surface area contributed by atoms with Gasteiger partial charge in [0.1, 0.15) is 28.2 Å². The molecule has 0 aliphatic rings. The lowest BCUT2D eigenvalue weighted by atomic mass is 10.1. The molecular formula is C31H32N2O7S2. The zero-order valence-electron chi connectivity index (χ0n) is 23.7. The van der Waals surface area contributed by atoms with Crippen LogP contribution in [0.1, 0.15) is 34.8 Å². The van der Waals surface area contributed by atoms with E-state index in [1.54, 1.807) is 42.5 Å². The number of sulfonamides is 1. The van der Waals surface area contributed by atoms with E-state index in [2.05, 4.69) is 9.44 Å². The standard InChI is InChI=1S/C31H32N2O7S2/c1-5-18-39-30-20-24(11-17-29(30)32-41(35)25-12-6-21(2)7-13-25)40-23-10-16-28(27(19-23)31(34)38-4)33-42(36,37)26-14-8-22(3)9-15-26/h6-17,19-20,32-33H,5,18H2,1-4H3. The number of hydrogen-bond donors (Lipinski definition) is 2. The first-order valence-corrected chi connectivity index (χ1v) is 15.7. The molecule has 11 heteroatoms. The zero-order chi connectivity index (χ0) is 30.3. The van der Waals surface area contributed by atoms with Crippen LogP contribution in [-0.4, -0.2) is 32.3 Å². The molecule has 4 aromatic carbocycles. The molecule has 1 unspecified atom stereocenters. The summed E-state index contributed by atoms with van der Waals surface area (Å²) < 4.78 is 61.1. The number of esters is 1. The van der Waals surface area contributed by atoms with Crippen LogP contribution in [0.2, 0.25) is 0 Å². The molecule has 0 heterocycles. The minimum atomic E-state index is -3.96. The van der Waals surface area contributed by atoms with Crippen LogP contribution < -0.4 is 18.9 Å². The van der Waals surface area contributed by atoms with Crippen LogP contribution in [0.15, 0.2) is 94.7 Å². The van der Waals surface area contributed by atoms with Crippen molar-refractivity contribution in [1.82, 2.24) is 0 Å². The minimum Gasteiger partial charge on any atom is -0.491 e. The molecule has 0 saturated heterocycles. The van der Waals surface area contributed by atoms with Gasteiger partial charge in [-0.05, 0) is 74.9 Å². The van der Waals surface area contributed by atoms with Gasteiger partial charge in [0.2, 0.25) is 0 Å². The predicted molar refractivity (Wildman–Crippen MR) is 163 cm³/mol. The molecule has 0 saturated carbocycles. The van der Waals surface area contributed by atoms with Crippen molar-refractivity contribution in [3.63, 3.8) is 0 Å². The first-order chi connectivity index (χ1) is 20.1. The summed E-state index contributed by atoms with van der Waals surface area (Å²) in [5, 5.41) is 0. The van der Waals surface area contributed by atoms with Gasteiger partial charge >= 0.3 is 5.97 Å². The van der Waals surface area contributed by atoms with Gasteiger partial charge in [-0.1, -0.05) is 42.3 Å². The van der Waals surface area contributed by atoms with Crippen LogP contribution in [0.25, 0.3) is 0 Å². The van der Waals surface area contributed by atoms with Gasteiger partial charge in [-0.2, -0.15) is 0 Å². The maximum Gasteiger partial charge on any atom is 0.340 e. The van der Waals surface area contributed by atoms with Crippen molar-refractivity contribution in [2.45, 2.75) is 37.0 Å². The smallest absolute Gasteiger partial charge is 0.340 e. The van der Waals surface area contributed by atoms with Crippen molar-refractivity contribution in [2.24, 2.45) is 0 Å². The van der Waals surface area contributed by atoms with Gasteiger partial charge in [0.25, 0.3) is 10.0 Å². The van der Waals surface area contributed by atoms with E-state index in [0.29, 0.717) is 28.7 Å². The third-order valence-electron chi connectivity index (χ3n) is 6.06. The quantitative estimate of drug-likeness (QED) is 0.174. The molecule has 0 bridgehead atoms. The Hall–Kier alpha value is -4.35. The molecule has 0 amide bonds. The average Bonchev–Trinajstić information content (AvgIpc) is 2.97. The number of nitrogens with one attached hydrogen (secondary N) is 2. The van der Waals surface area contributed by atoms with E-state index in [1.165, 1.54) is 37.4 Å². The molecule has 4 rings (SSSR count). The second kappa shape index (κ2) is 13.5. The van der Waals surface area contributed by atoms with E-state index in [4.69, 9.17) is 14.2 Å². The monoisotopic (exact) mass is 608 g/mol. The molecule has 2 N–H and O–H groups in total. The number of rotatable bonds is 12. The van der Waals surface area contributed by atoms with E-state index in [-0.39, 0.29) is 21.9 Å². The molecular weight excluding hydrogens is 576 g/mol. The number of anilines is 2. The second-order valence-electron chi connectivity index (χ2n) is 9.41. The first-order valence-electron chi connectivity index (χ1n) is 13.1. The Morgan fingerprint density at radius 3 is 2.05 bits per heavy atom. The fourth-order valence-corrected chi connectivity index (χ4v) is 5.76. The van der Waals surface area contributed by atoms with Gasteiger partial charge in [0.15, 0.2) is 0 Å². The summed E-state index contributed by atoms with van der Waals surface area (Å²) in [6.45, 7) is 6.22. The molecule has 0 spiro atoms. The van der Waals surface area contributed by atoms with Gasteiger partial charge in [0, 0.05) is 6.07 Å². The van der Waals surface area contributed by atoms with Crippen molar-refractivity contribution in [3.8, 4) is 17.2 Å². The normalized spacial score (nSPS) is 11.8. The Morgan fingerprint density at radius 2 is 1.43 bits per heavy atom. The maximum atomic E-state index is 13.0. The Labute approximate surface area is 248 Å². The van der Waals surface area contributed by atoms with Crippen LogP contribution >= 0.6 is 0 Å². The minimum absolute atomic E-state index is 0.0278. The molecule has 0 aromatic heterocycles. The number of hydrogen-bond acceptors (Lipinski definition) is 7. The molecule has 4 aromatic rings. The van der Waals surface area contributed by atoms with Crippen LogP contribution in [0.3, 0.4) is 0 Å². The zero-order valence-corrected chi connectivity index (χ0v) is 25.3. The Morgan fingerprint density at radius 1 is 0.833 bits per heavy atom. The van der Waals surface area contributed by atoms with Gasteiger partial charge in [-0.25, -0.2) is 17.4 Å². The molecule has 42 heavy (non-hydrogen) atoms. The molecule has 0 aliphatic heterocycles. The van der Waals surface area contributed by atoms with Crippen LogP contribution in [-0.2, 0) is 25.7 Å². The largest absolute Gasteiger partial charge is 0.491 e. The lowest BCUT2D eigenvalue weighted by Gasteiger charge is -2.16. The highest BCUT2D eigenvalue weighted by atomic mass is 32.2. The number of aryl methyl sites for hydroxylation is 2. The van der Waals surface area contributed by atoms with Crippen LogP contribution in [0.5, 0.6) is 17.2 Å². The molecule has 0 radical (unpaired) electrons. The Balaban J connectivity index is 1.59. The number of methoxy groups -OCH3 is 1. The molecule has 0 aliphatic carbocycles. The fourth-order valence-electron chi connectivity index (χ4n) is 3.81. The third-order valence-corrected chi connectivity index (χ3v) is 8.55. The summed E-state index contributed by atoms with van der Waals surface area (Å²) in [7, 11) is -4.28. The Kier molecular flexibility index (Phi) is 9.87. The number of carbonyl (C=O) groups excluding carboxylic acids is 1. The van der Waals surface area contributed by atoms with Gasteiger partial charge in [-0.3, -0.25) is 9.44 Å². The number of ether oxygens (including phenoxy) is 3. The summed E-state index contributed by atoms with van der Waals surface area (Å²) in [6.07, 6.45) is 0.758. The Bertz CT molecular complexity index is 1690. The van der Waals surface area contributed by atoms with Crippen molar-refractivity contribution in [1.29, 1.82) is 0 Å². The van der Waals surface area contributed by atoms with E-state index in [0.717, 1.165) is 17.5 Å². The predicted octanol–water partition coefficient (Wildman–Crippen LogP) is 6.61. The molecule has 1 atom stereocenters. The molecule has 9 nitrogen and oxygen atoms in total. The van der Waals surface area contributed by atoms with E-state index in [9.17, 15) is 17.4 Å². The van der Waals surface area contributed by atoms with Gasteiger partial charge in [-0.15, -0.1) is 0 Å². The lowest BCUT2D eigenvalue weighted by molar-refractivity contribution is 0.0601. The summed E-state index contributed by atoms with van der Waals surface area (Å²) in [6, 6.07) is 23.1. The van der Waals surface area contributed by atoms with E-state index >= 15 is 0 Å². The van der Waals surface area contributed by atoms with Crippen molar-refractivity contribution < 1.29 is 31.6 Å². The maximum absolute atomic E-state index is 13.0. The summed E-state index contributed by atoms with van der Waals surface area (Å²) >= 11 is 0. The highest BCUT2D eigenvalue weighted by Crippen LogP contribution is 2.34. The van der Waals surface area contributed by atoms with Gasteiger partial charge in [0.05, 0.1) is 40.4 Å². The number of benzene rings is 4. The van der Waals surface area contributed by atoms with E-state index in [1.807, 2.05) is 32.9 Å². The van der Waals surface area contributed by atoms with Crippen molar-refractivity contribution >= 4 is 38.4 Å². The fraction of sp³-hybridized carbons (Fsp3) is 0.194. The van der Waals surface area contributed by atoms with Crippen LogP contribution in [0, 0.1) is 13.8 Å². The summed E-state index contributed by atoms with van der Waals surface area (Å²) in [5.41, 5.74) is 2.51.